The van der Waals surface area contributed by atoms with Crippen molar-refractivity contribution in [3.63, 3.8) is 0 Å². The maximum Gasteiger partial charge on any atom is 0.305 e. The van der Waals surface area contributed by atoms with Crippen LogP contribution in [0.25, 0.3) is 0 Å². The monoisotopic (exact) mass is 354 g/mol. The smallest absolute Gasteiger partial charge is 0.305 e. The molecule has 1 atom stereocenters. The summed E-state index contributed by atoms with van der Waals surface area (Å²) in [6.07, 6.45) is 0. The number of esters is 1. The third-order valence-corrected chi connectivity index (χ3v) is 4.34. The number of carbonyl (C=O) groups excluding carboxylic acids is 1. The predicted octanol–water partition coefficient (Wildman–Crippen LogP) is 4.35. The molecule has 0 aromatic heterocycles. The molecule has 132 valence electrons. The van der Waals surface area contributed by atoms with Gasteiger partial charge in [0, 0.05) is 23.6 Å². The molecular weight excluding hydrogens is 336 g/mol. The van der Waals surface area contributed by atoms with Crippen LogP contribution in [0.1, 0.15) is 23.6 Å². The number of nitrogens with zero attached hydrogens (tertiary/aromatic N) is 2. The summed E-state index contributed by atoms with van der Waals surface area (Å²) in [5, 5.41) is 0. The van der Waals surface area contributed by atoms with Gasteiger partial charge in [-0.3, -0.25) is 4.79 Å². The Labute approximate surface area is 157 Å². The number of benzene rings is 3. The van der Waals surface area contributed by atoms with Gasteiger partial charge in [-0.1, -0.05) is 91.0 Å². The second-order valence-corrected chi connectivity index (χ2v) is 6.23. The second kappa shape index (κ2) is 7.00. The van der Waals surface area contributed by atoms with Crippen LogP contribution in [-0.4, -0.2) is 17.5 Å². The van der Waals surface area contributed by atoms with Crippen LogP contribution in [-0.2, 0) is 15.3 Å². The first-order chi connectivity index (χ1) is 13.2. The molecule has 0 radical (unpaired) electrons. The highest BCUT2D eigenvalue weighted by molar-refractivity contribution is 6.20. The fourth-order valence-electron chi connectivity index (χ4n) is 3.18. The van der Waals surface area contributed by atoms with E-state index in [1.165, 1.54) is 6.92 Å². The minimum absolute atomic E-state index is 0.416. The van der Waals surface area contributed by atoms with E-state index in [0.717, 1.165) is 16.7 Å². The maximum absolute atomic E-state index is 12.1. The fraction of sp³-hybridized carbons (Fsp3) is 0.0870. The van der Waals surface area contributed by atoms with Gasteiger partial charge in [0.25, 0.3) is 5.72 Å². The van der Waals surface area contributed by atoms with Crippen molar-refractivity contribution in [2.75, 3.05) is 0 Å². The van der Waals surface area contributed by atoms with Crippen molar-refractivity contribution in [2.45, 2.75) is 12.6 Å². The zero-order valence-corrected chi connectivity index (χ0v) is 14.9. The highest BCUT2D eigenvalue weighted by atomic mass is 16.6. The molecule has 27 heavy (non-hydrogen) atoms. The zero-order chi connectivity index (χ0) is 18.7. The number of aliphatic imine (C=N–C) groups is 2. The summed E-state index contributed by atoms with van der Waals surface area (Å²) in [5.74, 6) is 0.125. The van der Waals surface area contributed by atoms with Gasteiger partial charge in [0.15, 0.2) is 5.84 Å². The van der Waals surface area contributed by atoms with Crippen molar-refractivity contribution in [3.8, 4) is 0 Å². The fourth-order valence-corrected chi connectivity index (χ4v) is 3.18. The Morgan fingerprint density at radius 2 is 1.30 bits per heavy atom. The molecule has 0 N–H and O–H groups in total. The van der Waals surface area contributed by atoms with Gasteiger partial charge in [-0.15, -0.1) is 0 Å². The van der Waals surface area contributed by atoms with E-state index in [1.54, 1.807) is 0 Å². The van der Waals surface area contributed by atoms with E-state index in [-0.39, 0.29) is 0 Å². The van der Waals surface area contributed by atoms with Crippen LogP contribution in [0.2, 0.25) is 0 Å². The summed E-state index contributed by atoms with van der Waals surface area (Å²) in [5.41, 5.74) is 1.78. The van der Waals surface area contributed by atoms with Gasteiger partial charge < -0.3 is 4.74 Å². The lowest BCUT2D eigenvalue weighted by molar-refractivity contribution is -0.150. The normalized spacial score (nSPS) is 18.6. The van der Waals surface area contributed by atoms with Crippen LogP contribution in [0.3, 0.4) is 0 Å². The minimum Gasteiger partial charge on any atom is -0.427 e. The van der Waals surface area contributed by atoms with E-state index in [1.807, 2.05) is 91.0 Å². The third kappa shape index (κ3) is 3.17. The minimum atomic E-state index is -1.31. The quantitative estimate of drug-likeness (QED) is 0.654. The molecule has 4 nitrogen and oxygen atoms in total. The summed E-state index contributed by atoms with van der Waals surface area (Å²) in [4.78, 5) is 21.7. The molecule has 3 aromatic carbocycles. The molecule has 1 aliphatic rings. The molecule has 0 bridgehead atoms. The molecular formula is C23H18N2O2. The Kier molecular flexibility index (Phi) is 4.38. The molecule has 0 saturated carbocycles. The number of hydrogen-bond donors (Lipinski definition) is 0. The number of ether oxygens (including phenoxy) is 1. The average molecular weight is 354 g/mol. The number of rotatable bonds is 4. The van der Waals surface area contributed by atoms with Gasteiger partial charge in [0.1, 0.15) is 5.71 Å². The van der Waals surface area contributed by atoms with Gasteiger partial charge >= 0.3 is 5.97 Å². The van der Waals surface area contributed by atoms with Gasteiger partial charge in [0.05, 0.1) is 0 Å². The van der Waals surface area contributed by atoms with E-state index >= 15 is 0 Å². The van der Waals surface area contributed by atoms with Crippen molar-refractivity contribution in [1.82, 2.24) is 0 Å². The first-order valence-corrected chi connectivity index (χ1v) is 8.74. The molecule has 0 spiro atoms. The van der Waals surface area contributed by atoms with Crippen LogP contribution in [0.5, 0.6) is 0 Å². The van der Waals surface area contributed by atoms with E-state index in [2.05, 4.69) is 0 Å². The van der Waals surface area contributed by atoms with Crippen LogP contribution >= 0.6 is 0 Å². The highest BCUT2D eigenvalue weighted by Gasteiger charge is 2.46. The molecule has 4 heteroatoms. The van der Waals surface area contributed by atoms with Crippen molar-refractivity contribution in [1.29, 1.82) is 0 Å². The number of hydrogen-bond acceptors (Lipinski definition) is 4. The number of carbonyl (C=O) groups is 1. The Bertz CT molecular complexity index is 1010. The SMILES string of the molecule is CC(=O)O[C@]1(c2ccccc2)N=C(c2ccccc2)N=C1c1ccccc1. The topological polar surface area (TPSA) is 51.0 Å². The lowest BCUT2D eigenvalue weighted by Gasteiger charge is -2.28. The second-order valence-electron chi connectivity index (χ2n) is 6.23. The molecule has 1 heterocycles. The molecule has 1 aliphatic heterocycles. The molecule has 0 unspecified atom stereocenters. The van der Waals surface area contributed by atoms with Crippen LogP contribution in [0, 0.1) is 0 Å². The maximum atomic E-state index is 12.1. The van der Waals surface area contributed by atoms with E-state index in [9.17, 15) is 4.79 Å². The van der Waals surface area contributed by atoms with Crippen molar-refractivity contribution < 1.29 is 9.53 Å². The standard InChI is InChI=1S/C23H18N2O2/c1-17(26)27-23(20-15-9-4-10-16-20)21(18-11-5-2-6-12-18)24-22(25-23)19-13-7-3-8-14-19/h2-16H,1H3/t23-/m0/s1. The predicted molar refractivity (Wildman–Crippen MR) is 106 cm³/mol. The molecule has 4 rings (SSSR count). The Balaban J connectivity index is 1.96. The first-order valence-electron chi connectivity index (χ1n) is 8.74. The van der Waals surface area contributed by atoms with Gasteiger partial charge in [-0.05, 0) is 0 Å². The van der Waals surface area contributed by atoms with Crippen molar-refractivity contribution in [2.24, 2.45) is 9.98 Å². The largest absolute Gasteiger partial charge is 0.427 e. The van der Waals surface area contributed by atoms with Crippen molar-refractivity contribution >= 4 is 17.5 Å². The molecule has 0 fully saturated rings. The Hall–Kier alpha value is -3.53. The van der Waals surface area contributed by atoms with Crippen LogP contribution in [0.4, 0.5) is 0 Å². The summed E-state index contributed by atoms with van der Waals surface area (Å²) in [6, 6.07) is 28.9. The summed E-state index contributed by atoms with van der Waals surface area (Å²) in [7, 11) is 0. The Morgan fingerprint density at radius 3 is 1.85 bits per heavy atom. The summed E-state index contributed by atoms with van der Waals surface area (Å²) >= 11 is 0. The molecule has 0 aliphatic carbocycles. The Morgan fingerprint density at radius 1 is 0.778 bits per heavy atom. The van der Waals surface area contributed by atoms with Crippen LogP contribution < -0.4 is 0 Å². The molecule has 0 amide bonds. The van der Waals surface area contributed by atoms with Crippen LogP contribution in [0.15, 0.2) is 101 Å². The van der Waals surface area contributed by atoms with Gasteiger partial charge in [0.2, 0.25) is 0 Å². The lowest BCUT2D eigenvalue weighted by Crippen LogP contribution is -2.37. The van der Waals surface area contributed by atoms with E-state index in [4.69, 9.17) is 14.7 Å². The van der Waals surface area contributed by atoms with Crippen molar-refractivity contribution in [3.05, 3.63) is 108 Å². The average Bonchev–Trinajstić information content (AvgIpc) is 3.10. The third-order valence-electron chi connectivity index (χ3n) is 4.34. The molecule has 0 saturated heterocycles. The van der Waals surface area contributed by atoms with Gasteiger partial charge in [-0.2, -0.15) is 0 Å². The summed E-state index contributed by atoms with van der Waals surface area (Å²) in [6.45, 7) is 1.39. The van der Waals surface area contributed by atoms with Gasteiger partial charge in [-0.25, -0.2) is 9.98 Å². The number of amidine groups is 1. The highest BCUT2D eigenvalue weighted by Crippen LogP contribution is 2.37. The lowest BCUT2D eigenvalue weighted by atomic mass is 9.93. The molecule has 3 aromatic rings. The first kappa shape index (κ1) is 16.9. The van der Waals surface area contributed by atoms with E-state index in [0.29, 0.717) is 11.5 Å². The zero-order valence-electron chi connectivity index (χ0n) is 14.9. The van der Waals surface area contributed by atoms with E-state index < -0.39 is 11.7 Å². The summed E-state index contributed by atoms with van der Waals surface area (Å²) < 4.78 is 5.85.